The Morgan fingerprint density at radius 1 is 1.36 bits per heavy atom. The van der Waals surface area contributed by atoms with Gasteiger partial charge in [-0.15, -0.1) is 0 Å². The van der Waals surface area contributed by atoms with Crippen LogP contribution in [0.1, 0.15) is 27.2 Å². The molecule has 2 amide bonds. The third-order valence-corrected chi connectivity index (χ3v) is 3.19. The highest BCUT2D eigenvalue weighted by Gasteiger charge is 2.23. The quantitative estimate of drug-likeness (QED) is 0.725. The van der Waals surface area contributed by atoms with Crippen LogP contribution in [0, 0.1) is 11.2 Å². The van der Waals surface area contributed by atoms with Crippen molar-refractivity contribution in [2.75, 3.05) is 11.9 Å². The van der Waals surface area contributed by atoms with Gasteiger partial charge in [0.15, 0.2) is 0 Å². The Morgan fingerprint density at radius 3 is 2.59 bits per heavy atom. The number of rotatable bonds is 5. The highest BCUT2D eigenvalue weighted by molar-refractivity contribution is 6.39. The van der Waals surface area contributed by atoms with Gasteiger partial charge in [-0.05, 0) is 37.0 Å². The first-order valence-electron chi connectivity index (χ1n) is 6.83. The number of nitrogens with one attached hydrogen (secondary N) is 2. The third-order valence-electron chi connectivity index (χ3n) is 2.96. The molecule has 0 bridgehead atoms. The maximum absolute atomic E-state index is 13.5. The first kappa shape index (κ1) is 18.4. The molecule has 0 aliphatic rings. The molecule has 0 saturated carbocycles. The summed E-state index contributed by atoms with van der Waals surface area (Å²) in [5.74, 6) is -2.54. The normalized spacial score (nSPS) is 12.6. The molecule has 1 aromatic rings. The number of anilines is 1. The number of aliphatic hydroxyl groups excluding tert-OH is 1. The highest BCUT2D eigenvalue weighted by Crippen LogP contribution is 2.21. The summed E-state index contributed by atoms with van der Waals surface area (Å²) in [6.45, 7) is 5.57. The fraction of sp³-hybridized carbons (Fsp3) is 0.467. The molecule has 0 aliphatic carbocycles. The molecule has 1 rings (SSSR count). The molecule has 0 radical (unpaired) electrons. The number of carbonyl (C=O) groups excluding carboxylic acids is 2. The van der Waals surface area contributed by atoms with E-state index in [0.29, 0.717) is 6.42 Å². The van der Waals surface area contributed by atoms with Gasteiger partial charge in [-0.3, -0.25) is 9.59 Å². The fourth-order valence-corrected chi connectivity index (χ4v) is 2.22. The lowest BCUT2D eigenvalue weighted by atomic mass is 9.87. The molecule has 22 heavy (non-hydrogen) atoms. The zero-order valence-corrected chi connectivity index (χ0v) is 13.5. The second kappa shape index (κ2) is 7.56. The lowest BCUT2D eigenvalue weighted by Crippen LogP contribution is -2.41. The number of hydrogen-bond acceptors (Lipinski definition) is 3. The van der Waals surface area contributed by atoms with Crippen molar-refractivity contribution >= 4 is 29.1 Å². The Hall–Kier alpha value is -1.66. The number of hydrogen-bond donors (Lipinski definition) is 3. The maximum atomic E-state index is 13.5. The summed E-state index contributed by atoms with van der Waals surface area (Å²) in [5.41, 5.74) is -0.526. The second-order valence-electron chi connectivity index (χ2n) is 5.98. The number of amides is 2. The van der Waals surface area contributed by atoms with Gasteiger partial charge in [0.1, 0.15) is 5.82 Å². The standard InChI is InChI=1S/C15H20ClFN2O3/c1-9(20)7-15(2,3)8-18-13(21)14(22)19-12-6-10(16)4-5-11(12)17/h4-6,9,20H,7-8H2,1-3H3,(H,18,21)(H,19,22). The number of halogens is 2. The minimum absolute atomic E-state index is 0.157. The smallest absolute Gasteiger partial charge is 0.313 e. The average Bonchev–Trinajstić information content (AvgIpc) is 2.38. The Morgan fingerprint density at radius 2 is 2.00 bits per heavy atom. The van der Waals surface area contributed by atoms with E-state index in [0.717, 1.165) is 6.07 Å². The molecule has 0 fully saturated rings. The third kappa shape index (κ3) is 5.99. The van der Waals surface area contributed by atoms with E-state index in [1.807, 2.05) is 13.8 Å². The van der Waals surface area contributed by atoms with Gasteiger partial charge in [0.05, 0.1) is 11.8 Å². The Balaban J connectivity index is 2.59. The molecule has 3 N–H and O–H groups in total. The molecule has 1 atom stereocenters. The van der Waals surface area contributed by atoms with Crippen molar-refractivity contribution in [1.29, 1.82) is 0 Å². The van der Waals surface area contributed by atoms with E-state index in [9.17, 15) is 19.1 Å². The molecule has 122 valence electrons. The van der Waals surface area contributed by atoms with E-state index >= 15 is 0 Å². The Kier molecular flexibility index (Phi) is 6.32. The summed E-state index contributed by atoms with van der Waals surface area (Å²) in [6, 6.07) is 3.66. The monoisotopic (exact) mass is 330 g/mol. The van der Waals surface area contributed by atoms with Crippen LogP contribution in [0.25, 0.3) is 0 Å². The molecule has 5 nitrogen and oxygen atoms in total. The van der Waals surface area contributed by atoms with Crippen LogP contribution >= 0.6 is 11.6 Å². The Labute approximate surface area is 133 Å². The lowest BCUT2D eigenvalue weighted by Gasteiger charge is -2.26. The maximum Gasteiger partial charge on any atom is 0.313 e. The van der Waals surface area contributed by atoms with Crippen molar-refractivity contribution in [3.8, 4) is 0 Å². The van der Waals surface area contributed by atoms with Gasteiger partial charge in [-0.2, -0.15) is 0 Å². The molecule has 0 spiro atoms. The summed E-state index contributed by atoms with van der Waals surface area (Å²) in [6.07, 6.45) is -0.0426. The van der Waals surface area contributed by atoms with E-state index in [1.165, 1.54) is 12.1 Å². The van der Waals surface area contributed by atoms with Gasteiger partial charge in [0.25, 0.3) is 0 Å². The van der Waals surface area contributed by atoms with E-state index in [4.69, 9.17) is 11.6 Å². The van der Waals surface area contributed by atoms with Crippen molar-refractivity contribution in [2.24, 2.45) is 5.41 Å². The van der Waals surface area contributed by atoms with Crippen LogP contribution in [0.5, 0.6) is 0 Å². The van der Waals surface area contributed by atoms with Gasteiger partial charge >= 0.3 is 11.8 Å². The number of benzene rings is 1. The summed E-state index contributed by atoms with van der Waals surface area (Å²) < 4.78 is 13.5. The molecule has 0 aliphatic heterocycles. The first-order valence-corrected chi connectivity index (χ1v) is 7.21. The summed E-state index contributed by atoms with van der Waals surface area (Å²) in [4.78, 5) is 23.5. The fourth-order valence-electron chi connectivity index (χ4n) is 2.04. The lowest BCUT2D eigenvalue weighted by molar-refractivity contribution is -0.136. The summed E-state index contributed by atoms with van der Waals surface area (Å²) in [5, 5.41) is 14.2. The first-order chi connectivity index (χ1) is 10.1. The SMILES string of the molecule is CC(O)CC(C)(C)CNC(=O)C(=O)Nc1cc(Cl)ccc1F. The van der Waals surface area contributed by atoms with Crippen LogP contribution in [0.3, 0.4) is 0 Å². The van der Waals surface area contributed by atoms with E-state index in [2.05, 4.69) is 10.6 Å². The van der Waals surface area contributed by atoms with Crippen molar-refractivity contribution in [3.05, 3.63) is 29.0 Å². The van der Waals surface area contributed by atoms with Crippen LogP contribution in [-0.2, 0) is 9.59 Å². The molecule has 0 aromatic heterocycles. The summed E-state index contributed by atoms with van der Waals surface area (Å²) >= 11 is 5.71. The predicted octanol–water partition coefficient (Wildman–Crippen LogP) is 2.33. The molecule has 1 unspecified atom stereocenters. The minimum Gasteiger partial charge on any atom is -0.393 e. The van der Waals surface area contributed by atoms with Gasteiger partial charge < -0.3 is 15.7 Å². The van der Waals surface area contributed by atoms with Crippen molar-refractivity contribution < 1.29 is 19.1 Å². The predicted molar refractivity (Wildman–Crippen MR) is 83.1 cm³/mol. The molecular weight excluding hydrogens is 311 g/mol. The van der Waals surface area contributed by atoms with Gasteiger partial charge in [0, 0.05) is 11.6 Å². The van der Waals surface area contributed by atoms with Crippen LogP contribution in [0.2, 0.25) is 5.02 Å². The van der Waals surface area contributed by atoms with E-state index in [1.54, 1.807) is 6.92 Å². The van der Waals surface area contributed by atoms with Crippen LogP contribution in [0.15, 0.2) is 18.2 Å². The van der Waals surface area contributed by atoms with E-state index in [-0.39, 0.29) is 22.7 Å². The topological polar surface area (TPSA) is 78.4 Å². The van der Waals surface area contributed by atoms with Crippen molar-refractivity contribution in [2.45, 2.75) is 33.3 Å². The minimum atomic E-state index is -0.978. The summed E-state index contributed by atoms with van der Waals surface area (Å²) in [7, 11) is 0. The molecular formula is C15H20ClFN2O3. The Bertz CT molecular complexity index is 562. The number of carbonyl (C=O) groups is 2. The number of aliphatic hydroxyl groups is 1. The van der Waals surface area contributed by atoms with Crippen molar-refractivity contribution in [3.63, 3.8) is 0 Å². The van der Waals surface area contributed by atoms with Gasteiger partial charge in [0.2, 0.25) is 0 Å². The zero-order valence-electron chi connectivity index (χ0n) is 12.7. The van der Waals surface area contributed by atoms with Crippen LogP contribution in [-0.4, -0.2) is 29.6 Å². The molecule has 0 saturated heterocycles. The van der Waals surface area contributed by atoms with Gasteiger partial charge in [-0.25, -0.2) is 4.39 Å². The van der Waals surface area contributed by atoms with E-state index < -0.39 is 23.7 Å². The molecule has 0 heterocycles. The second-order valence-corrected chi connectivity index (χ2v) is 6.41. The average molecular weight is 331 g/mol. The molecule has 7 heteroatoms. The van der Waals surface area contributed by atoms with Crippen molar-refractivity contribution in [1.82, 2.24) is 5.32 Å². The van der Waals surface area contributed by atoms with Crippen LogP contribution in [0.4, 0.5) is 10.1 Å². The highest BCUT2D eigenvalue weighted by atomic mass is 35.5. The van der Waals surface area contributed by atoms with Gasteiger partial charge in [-0.1, -0.05) is 25.4 Å². The molecule has 1 aromatic carbocycles. The zero-order chi connectivity index (χ0) is 16.9. The largest absolute Gasteiger partial charge is 0.393 e. The van der Waals surface area contributed by atoms with Crippen LogP contribution < -0.4 is 10.6 Å².